The van der Waals surface area contributed by atoms with Gasteiger partial charge in [0.05, 0.1) is 18.3 Å². The minimum atomic E-state index is -0.900. The summed E-state index contributed by atoms with van der Waals surface area (Å²) >= 11 is 0. The predicted octanol–water partition coefficient (Wildman–Crippen LogP) is 4.52. The van der Waals surface area contributed by atoms with Crippen LogP contribution in [0.15, 0.2) is 66.7 Å². The Morgan fingerprint density at radius 3 is 2.63 bits per heavy atom. The van der Waals surface area contributed by atoms with Gasteiger partial charge in [-0.05, 0) is 47.5 Å². The van der Waals surface area contributed by atoms with E-state index in [0.717, 1.165) is 25.3 Å². The molecule has 1 fully saturated rings. The number of ether oxygens (including phenoxy) is 1. The van der Waals surface area contributed by atoms with Gasteiger partial charge in [-0.3, -0.25) is 0 Å². The molecule has 0 radical (unpaired) electrons. The number of aromatic carboxylic acids is 1. The average Bonchev–Trinajstić information content (AvgIpc) is 2.77. The lowest BCUT2D eigenvalue weighted by Gasteiger charge is -2.35. The van der Waals surface area contributed by atoms with Gasteiger partial charge in [0.25, 0.3) is 0 Å². The molecule has 1 heterocycles. The molecule has 1 unspecified atom stereocenters. The van der Waals surface area contributed by atoms with Gasteiger partial charge in [0.1, 0.15) is 0 Å². The van der Waals surface area contributed by atoms with E-state index in [4.69, 9.17) is 9.84 Å². The molecule has 0 amide bonds. The number of morpholine rings is 1. The molecule has 4 rings (SSSR count). The summed E-state index contributed by atoms with van der Waals surface area (Å²) < 4.78 is 5.97. The summed E-state index contributed by atoms with van der Waals surface area (Å²) in [5, 5.41) is 15.2. The van der Waals surface area contributed by atoms with E-state index in [1.54, 1.807) is 12.1 Å². The number of benzene rings is 3. The van der Waals surface area contributed by atoms with Gasteiger partial charge < -0.3 is 20.1 Å². The van der Waals surface area contributed by atoms with E-state index in [1.165, 1.54) is 16.3 Å². The molecule has 5 nitrogen and oxygen atoms in total. The van der Waals surface area contributed by atoms with Crippen LogP contribution >= 0.6 is 12.4 Å². The van der Waals surface area contributed by atoms with Crippen molar-refractivity contribution in [1.29, 1.82) is 0 Å². The summed E-state index contributed by atoms with van der Waals surface area (Å²) in [4.78, 5) is 13.3. The Balaban J connectivity index is 0.00000256. The lowest BCUT2D eigenvalue weighted by Crippen LogP contribution is -2.47. The summed E-state index contributed by atoms with van der Waals surface area (Å²) in [6.07, 6.45) is 0.0836. The molecule has 2 atom stereocenters. The smallest absolute Gasteiger partial charge is 0.335 e. The third kappa shape index (κ3) is 4.93. The summed E-state index contributed by atoms with van der Waals surface area (Å²) in [7, 11) is 0. The number of halogens is 1. The Kier molecular flexibility index (Phi) is 7.32. The molecule has 0 bridgehead atoms. The van der Waals surface area contributed by atoms with Gasteiger partial charge in [-0.1, -0.05) is 42.5 Å². The first kappa shape index (κ1) is 22.1. The molecule has 158 valence electrons. The summed E-state index contributed by atoms with van der Waals surface area (Å²) in [6, 6.07) is 22.2. The Morgan fingerprint density at radius 2 is 1.87 bits per heavy atom. The Bertz CT molecular complexity index is 988. The minimum Gasteiger partial charge on any atom is -0.478 e. The lowest BCUT2D eigenvalue weighted by molar-refractivity contribution is 0.0394. The molecular weight excluding hydrogens is 400 g/mol. The maximum atomic E-state index is 11.0. The zero-order valence-corrected chi connectivity index (χ0v) is 17.8. The molecule has 1 aliphatic rings. The molecule has 0 spiro atoms. The highest BCUT2D eigenvalue weighted by atomic mass is 35.5. The molecule has 0 saturated carbocycles. The molecule has 2 N–H and O–H groups in total. The van der Waals surface area contributed by atoms with Crippen LogP contribution in [-0.2, 0) is 4.74 Å². The van der Waals surface area contributed by atoms with Crippen LogP contribution in [0.3, 0.4) is 0 Å². The normalized spacial score (nSPS) is 17.4. The SMILES string of the molecule is C[C@@H](NCC1CN(c2ccc(C(=O)O)cc2)CCO1)c1cccc2ccccc12.Cl. The van der Waals surface area contributed by atoms with Crippen molar-refractivity contribution in [3.05, 3.63) is 77.9 Å². The van der Waals surface area contributed by atoms with Crippen molar-refractivity contribution in [1.82, 2.24) is 5.32 Å². The highest BCUT2D eigenvalue weighted by Crippen LogP contribution is 2.24. The summed E-state index contributed by atoms with van der Waals surface area (Å²) in [5.74, 6) is -0.900. The van der Waals surface area contributed by atoms with Crippen LogP contribution in [0.1, 0.15) is 28.9 Å². The Hall–Kier alpha value is -2.60. The van der Waals surface area contributed by atoms with Crippen LogP contribution in [-0.4, -0.2) is 43.4 Å². The van der Waals surface area contributed by atoms with Crippen molar-refractivity contribution in [2.45, 2.75) is 19.1 Å². The average molecular weight is 427 g/mol. The number of hydrogen-bond donors (Lipinski definition) is 2. The van der Waals surface area contributed by atoms with Crippen molar-refractivity contribution in [3.8, 4) is 0 Å². The number of rotatable bonds is 6. The fourth-order valence-corrected chi connectivity index (χ4v) is 3.94. The first-order valence-electron chi connectivity index (χ1n) is 10.0. The molecule has 30 heavy (non-hydrogen) atoms. The van der Waals surface area contributed by atoms with Gasteiger partial charge in [0, 0.05) is 31.4 Å². The van der Waals surface area contributed by atoms with Crippen LogP contribution in [0.4, 0.5) is 5.69 Å². The number of nitrogens with one attached hydrogen (secondary N) is 1. The van der Waals surface area contributed by atoms with Gasteiger partial charge in [-0.2, -0.15) is 0 Å². The second kappa shape index (κ2) is 9.94. The van der Waals surface area contributed by atoms with E-state index in [1.807, 2.05) is 12.1 Å². The quantitative estimate of drug-likeness (QED) is 0.607. The zero-order valence-electron chi connectivity index (χ0n) is 17.0. The zero-order chi connectivity index (χ0) is 20.2. The van der Waals surface area contributed by atoms with Crippen LogP contribution in [0.5, 0.6) is 0 Å². The number of carboxylic acids is 1. The maximum absolute atomic E-state index is 11.0. The van der Waals surface area contributed by atoms with Crippen LogP contribution in [0, 0.1) is 0 Å². The first-order chi connectivity index (χ1) is 14.1. The molecule has 3 aromatic carbocycles. The number of hydrogen-bond acceptors (Lipinski definition) is 4. The van der Waals surface area contributed by atoms with Crippen LogP contribution < -0.4 is 10.2 Å². The molecule has 1 saturated heterocycles. The lowest BCUT2D eigenvalue weighted by atomic mass is 9.99. The minimum absolute atomic E-state index is 0. The second-order valence-corrected chi connectivity index (χ2v) is 7.49. The fraction of sp³-hybridized carbons (Fsp3) is 0.292. The fourth-order valence-electron chi connectivity index (χ4n) is 3.94. The number of anilines is 1. The Labute approximate surface area is 183 Å². The molecule has 1 aliphatic heterocycles. The largest absolute Gasteiger partial charge is 0.478 e. The van der Waals surface area contributed by atoms with E-state index in [0.29, 0.717) is 12.2 Å². The molecular formula is C24H27ClN2O3. The highest BCUT2D eigenvalue weighted by Gasteiger charge is 2.22. The second-order valence-electron chi connectivity index (χ2n) is 7.49. The van der Waals surface area contributed by atoms with E-state index < -0.39 is 5.97 Å². The molecule has 6 heteroatoms. The standard InChI is InChI=1S/C24H26N2O3.ClH/c1-17(22-8-4-6-18-5-2-3-7-23(18)22)25-15-21-16-26(13-14-29-21)20-11-9-19(10-12-20)24(27)28;/h2-12,17,21,25H,13-16H2,1H3,(H,27,28);1H/t17-,21?;/m1./s1. The van der Waals surface area contributed by atoms with Crippen molar-refractivity contribution in [2.24, 2.45) is 0 Å². The first-order valence-corrected chi connectivity index (χ1v) is 10.0. The summed E-state index contributed by atoms with van der Waals surface area (Å²) in [5.41, 5.74) is 2.63. The highest BCUT2D eigenvalue weighted by molar-refractivity contribution is 5.88. The van der Waals surface area contributed by atoms with Crippen LogP contribution in [0.25, 0.3) is 10.8 Å². The van der Waals surface area contributed by atoms with Gasteiger partial charge in [-0.25, -0.2) is 4.79 Å². The van der Waals surface area contributed by atoms with Gasteiger partial charge in [0.15, 0.2) is 0 Å². The monoisotopic (exact) mass is 426 g/mol. The number of carbonyl (C=O) groups is 1. The summed E-state index contributed by atoms with van der Waals surface area (Å²) in [6.45, 7) is 5.19. The molecule has 0 aromatic heterocycles. The van der Waals surface area contributed by atoms with Crippen molar-refractivity contribution < 1.29 is 14.6 Å². The van der Waals surface area contributed by atoms with Gasteiger partial charge in [-0.15, -0.1) is 12.4 Å². The Morgan fingerprint density at radius 1 is 1.13 bits per heavy atom. The number of nitrogens with zero attached hydrogens (tertiary/aromatic N) is 1. The van der Waals surface area contributed by atoms with Crippen molar-refractivity contribution in [2.75, 3.05) is 31.1 Å². The topological polar surface area (TPSA) is 61.8 Å². The van der Waals surface area contributed by atoms with E-state index >= 15 is 0 Å². The van der Waals surface area contributed by atoms with Crippen molar-refractivity contribution in [3.63, 3.8) is 0 Å². The van der Waals surface area contributed by atoms with Crippen molar-refractivity contribution >= 4 is 34.8 Å². The number of fused-ring (bicyclic) bond motifs is 1. The van der Waals surface area contributed by atoms with E-state index in [9.17, 15) is 4.79 Å². The molecule has 3 aromatic rings. The van der Waals surface area contributed by atoms with Crippen LogP contribution in [0.2, 0.25) is 0 Å². The maximum Gasteiger partial charge on any atom is 0.335 e. The third-order valence-corrected chi connectivity index (χ3v) is 5.56. The van der Waals surface area contributed by atoms with Gasteiger partial charge in [0.2, 0.25) is 0 Å². The number of carboxylic acid groups (broad SMARTS) is 1. The third-order valence-electron chi connectivity index (χ3n) is 5.56. The van der Waals surface area contributed by atoms with E-state index in [-0.39, 0.29) is 24.6 Å². The molecule has 0 aliphatic carbocycles. The van der Waals surface area contributed by atoms with Gasteiger partial charge >= 0.3 is 5.97 Å². The van der Waals surface area contributed by atoms with E-state index in [2.05, 4.69) is 59.6 Å². The predicted molar refractivity (Wildman–Crippen MR) is 123 cm³/mol.